The van der Waals surface area contributed by atoms with E-state index in [1.807, 2.05) is 12.1 Å². The fraction of sp³-hybridized carbons (Fsp3) is 0.364. The van der Waals surface area contributed by atoms with Gasteiger partial charge in [-0.05, 0) is 18.2 Å². The van der Waals surface area contributed by atoms with Gasteiger partial charge < -0.3 is 14.7 Å². The molecular formula is C11H12N2O2. The molecule has 1 saturated heterocycles. The Hall–Kier alpha value is -1.73. The van der Waals surface area contributed by atoms with Crippen LogP contribution in [0.1, 0.15) is 5.56 Å². The van der Waals surface area contributed by atoms with Crippen LogP contribution in [0, 0.1) is 11.3 Å². The summed E-state index contributed by atoms with van der Waals surface area (Å²) in [5.41, 5.74) is 1.28. The van der Waals surface area contributed by atoms with E-state index in [9.17, 15) is 5.11 Å². The maximum atomic E-state index is 9.37. The first-order valence-electron chi connectivity index (χ1n) is 4.87. The molecule has 2 rings (SSSR count). The number of phenolic OH excluding ortho intramolecular Hbond substituents is 1. The van der Waals surface area contributed by atoms with Crippen molar-refractivity contribution in [3.05, 3.63) is 23.8 Å². The van der Waals surface area contributed by atoms with E-state index in [1.165, 1.54) is 0 Å². The number of morpholine rings is 1. The number of aromatic hydroxyl groups is 1. The SMILES string of the molecule is N#Cc1cc(N2CCOCC2)ccc1O. The molecule has 0 bridgehead atoms. The molecule has 1 aliphatic heterocycles. The molecule has 4 nitrogen and oxygen atoms in total. The molecule has 1 aliphatic rings. The van der Waals surface area contributed by atoms with Crippen LogP contribution in [-0.4, -0.2) is 31.4 Å². The van der Waals surface area contributed by atoms with Crippen LogP contribution in [0.5, 0.6) is 5.75 Å². The minimum absolute atomic E-state index is 0.0366. The van der Waals surface area contributed by atoms with Gasteiger partial charge in [0.25, 0.3) is 0 Å². The molecule has 0 radical (unpaired) electrons. The summed E-state index contributed by atoms with van der Waals surface area (Å²) in [7, 11) is 0. The number of phenols is 1. The summed E-state index contributed by atoms with van der Waals surface area (Å²) in [5.74, 6) is 0.0366. The minimum Gasteiger partial charge on any atom is -0.507 e. The summed E-state index contributed by atoms with van der Waals surface area (Å²) < 4.78 is 5.25. The van der Waals surface area contributed by atoms with E-state index in [1.54, 1.807) is 12.1 Å². The molecule has 0 spiro atoms. The molecule has 0 aromatic heterocycles. The monoisotopic (exact) mass is 204 g/mol. The lowest BCUT2D eigenvalue weighted by Crippen LogP contribution is -2.36. The van der Waals surface area contributed by atoms with Gasteiger partial charge in [0, 0.05) is 18.8 Å². The van der Waals surface area contributed by atoms with Crippen molar-refractivity contribution in [1.29, 1.82) is 5.26 Å². The van der Waals surface area contributed by atoms with E-state index in [-0.39, 0.29) is 5.75 Å². The van der Waals surface area contributed by atoms with Crippen LogP contribution in [0.4, 0.5) is 5.69 Å². The van der Waals surface area contributed by atoms with Crippen molar-refractivity contribution in [3.8, 4) is 11.8 Å². The Kier molecular flexibility index (Phi) is 2.75. The van der Waals surface area contributed by atoms with Crippen LogP contribution < -0.4 is 4.90 Å². The fourth-order valence-electron chi connectivity index (χ4n) is 1.63. The van der Waals surface area contributed by atoms with Crippen LogP contribution >= 0.6 is 0 Å². The number of benzene rings is 1. The Morgan fingerprint density at radius 3 is 2.73 bits per heavy atom. The summed E-state index contributed by atoms with van der Waals surface area (Å²) in [5, 5.41) is 18.2. The highest BCUT2D eigenvalue weighted by Gasteiger charge is 2.12. The van der Waals surface area contributed by atoms with Gasteiger partial charge in [-0.2, -0.15) is 5.26 Å². The van der Waals surface area contributed by atoms with Gasteiger partial charge in [0.05, 0.1) is 18.8 Å². The van der Waals surface area contributed by atoms with Crippen molar-refractivity contribution < 1.29 is 9.84 Å². The highest BCUT2D eigenvalue weighted by Crippen LogP contribution is 2.23. The van der Waals surface area contributed by atoms with E-state index in [0.29, 0.717) is 18.8 Å². The van der Waals surface area contributed by atoms with Crippen LogP contribution in [-0.2, 0) is 4.74 Å². The highest BCUT2D eigenvalue weighted by atomic mass is 16.5. The van der Waals surface area contributed by atoms with Crippen molar-refractivity contribution in [2.75, 3.05) is 31.2 Å². The number of nitriles is 1. The molecule has 1 fully saturated rings. The normalized spacial score (nSPS) is 16.1. The number of rotatable bonds is 1. The van der Waals surface area contributed by atoms with Gasteiger partial charge >= 0.3 is 0 Å². The predicted octanol–water partition coefficient (Wildman–Crippen LogP) is 1.10. The molecule has 0 aliphatic carbocycles. The summed E-state index contributed by atoms with van der Waals surface area (Å²) in [4.78, 5) is 2.14. The molecule has 0 unspecified atom stereocenters. The Labute approximate surface area is 88.3 Å². The Bertz CT molecular complexity index is 392. The van der Waals surface area contributed by atoms with Gasteiger partial charge in [-0.1, -0.05) is 0 Å². The molecular weight excluding hydrogens is 192 g/mol. The third-order valence-corrected chi connectivity index (χ3v) is 2.48. The van der Waals surface area contributed by atoms with Gasteiger partial charge in [-0.15, -0.1) is 0 Å². The van der Waals surface area contributed by atoms with E-state index < -0.39 is 0 Å². The molecule has 1 aromatic rings. The van der Waals surface area contributed by atoms with E-state index >= 15 is 0 Å². The quantitative estimate of drug-likeness (QED) is 0.744. The minimum atomic E-state index is 0.0366. The zero-order valence-electron chi connectivity index (χ0n) is 8.31. The van der Waals surface area contributed by atoms with Gasteiger partial charge in [0.1, 0.15) is 11.8 Å². The number of ether oxygens (including phenoxy) is 1. The maximum absolute atomic E-state index is 9.37. The molecule has 0 amide bonds. The zero-order chi connectivity index (χ0) is 10.7. The van der Waals surface area contributed by atoms with E-state index in [0.717, 1.165) is 18.8 Å². The standard InChI is InChI=1S/C11H12N2O2/c12-8-9-7-10(1-2-11(9)14)13-3-5-15-6-4-13/h1-2,7,14H,3-6H2. The maximum Gasteiger partial charge on any atom is 0.133 e. The first-order chi connectivity index (χ1) is 7.31. The summed E-state index contributed by atoms with van der Waals surface area (Å²) >= 11 is 0. The summed E-state index contributed by atoms with van der Waals surface area (Å²) in [6.45, 7) is 3.08. The predicted molar refractivity (Wildman–Crippen MR) is 55.9 cm³/mol. The molecule has 1 aromatic carbocycles. The third kappa shape index (κ3) is 2.03. The zero-order valence-corrected chi connectivity index (χ0v) is 8.31. The van der Waals surface area contributed by atoms with Crippen LogP contribution in [0.2, 0.25) is 0 Å². The molecule has 0 saturated carbocycles. The van der Waals surface area contributed by atoms with Crippen molar-refractivity contribution in [2.45, 2.75) is 0 Å². The molecule has 0 atom stereocenters. The lowest BCUT2D eigenvalue weighted by molar-refractivity contribution is 0.122. The molecule has 4 heteroatoms. The van der Waals surface area contributed by atoms with Gasteiger partial charge in [-0.3, -0.25) is 0 Å². The van der Waals surface area contributed by atoms with Gasteiger partial charge in [0.15, 0.2) is 0 Å². The Morgan fingerprint density at radius 1 is 1.33 bits per heavy atom. The highest BCUT2D eigenvalue weighted by molar-refractivity contribution is 5.56. The smallest absolute Gasteiger partial charge is 0.133 e. The second-order valence-electron chi connectivity index (χ2n) is 3.41. The van der Waals surface area contributed by atoms with E-state index in [2.05, 4.69) is 4.90 Å². The lowest BCUT2D eigenvalue weighted by atomic mass is 10.1. The van der Waals surface area contributed by atoms with Crippen LogP contribution in [0.3, 0.4) is 0 Å². The van der Waals surface area contributed by atoms with Gasteiger partial charge in [-0.25, -0.2) is 0 Å². The number of nitrogens with zero attached hydrogens (tertiary/aromatic N) is 2. The topological polar surface area (TPSA) is 56.5 Å². The number of hydrogen-bond donors (Lipinski definition) is 1. The Morgan fingerprint density at radius 2 is 2.07 bits per heavy atom. The summed E-state index contributed by atoms with van der Waals surface area (Å²) in [6, 6.07) is 7.06. The second-order valence-corrected chi connectivity index (χ2v) is 3.41. The molecule has 15 heavy (non-hydrogen) atoms. The van der Waals surface area contributed by atoms with Crippen molar-refractivity contribution >= 4 is 5.69 Å². The third-order valence-electron chi connectivity index (χ3n) is 2.48. The average molecular weight is 204 g/mol. The summed E-state index contributed by atoms with van der Waals surface area (Å²) in [6.07, 6.45) is 0. The first-order valence-corrected chi connectivity index (χ1v) is 4.87. The molecule has 78 valence electrons. The first kappa shape index (κ1) is 9.81. The number of anilines is 1. The lowest BCUT2D eigenvalue weighted by Gasteiger charge is -2.28. The van der Waals surface area contributed by atoms with Crippen molar-refractivity contribution in [3.63, 3.8) is 0 Å². The number of hydrogen-bond acceptors (Lipinski definition) is 4. The largest absolute Gasteiger partial charge is 0.507 e. The Balaban J connectivity index is 2.25. The molecule has 1 N–H and O–H groups in total. The van der Waals surface area contributed by atoms with Crippen LogP contribution in [0.25, 0.3) is 0 Å². The van der Waals surface area contributed by atoms with Crippen molar-refractivity contribution in [1.82, 2.24) is 0 Å². The van der Waals surface area contributed by atoms with Crippen LogP contribution in [0.15, 0.2) is 18.2 Å². The van der Waals surface area contributed by atoms with E-state index in [4.69, 9.17) is 10.00 Å². The second kappa shape index (κ2) is 4.20. The fourth-order valence-corrected chi connectivity index (χ4v) is 1.63. The molecule has 1 heterocycles. The van der Waals surface area contributed by atoms with Crippen molar-refractivity contribution in [2.24, 2.45) is 0 Å². The average Bonchev–Trinajstić information content (AvgIpc) is 2.31. The van der Waals surface area contributed by atoms with Gasteiger partial charge in [0.2, 0.25) is 0 Å².